The Morgan fingerprint density at radius 2 is 1.92 bits per heavy atom. The first-order valence-electron chi connectivity index (χ1n) is 9.13. The van der Waals surface area contributed by atoms with Gasteiger partial charge in [0.15, 0.2) is 0 Å². The van der Waals surface area contributed by atoms with E-state index < -0.39 is 5.41 Å². The van der Waals surface area contributed by atoms with E-state index in [1.54, 1.807) is 19.5 Å². The average Bonchev–Trinajstić information content (AvgIpc) is 3.18. The fourth-order valence-electron chi connectivity index (χ4n) is 3.63. The predicted octanol–water partition coefficient (Wildman–Crippen LogP) is 3.49. The lowest BCUT2D eigenvalue weighted by Gasteiger charge is -2.29. The molecule has 138 valence electrons. The van der Waals surface area contributed by atoms with Crippen molar-refractivity contribution >= 4 is 5.91 Å². The maximum atomic E-state index is 13.1. The third-order valence-electron chi connectivity index (χ3n) is 5.06. The lowest BCUT2D eigenvalue weighted by atomic mass is 9.78. The first-order chi connectivity index (χ1) is 12.6. The highest BCUT2D eigenvalue weighted by molar-refractivity contribution is 5.88. The molecule has 1 amide bonds. The summed E-state index contributed by atoms with van der Waals surface area (Å²) in [5.74, 6) is 1.60. The molecule has 3 rings (SSSR count). The summed E-state index contributed by atoms with van der Waals surface area (Å²) < 4.78 is 11.0. The highest BCUT2D eigenvalue weighted by Crippen LogP contribution is 2.41. The number of rotatable bonds is 7. The molecule has 0 spiro atoms. The van der Waals surface area contributed by atoms with Gasteiger partial charge in [-0.05, 0) is 49.6 Å². The van der Waals surface area contributed by atoms with Crippen molar-refractivity contribution in [1.82, 2.24) is 10.3 Å². The molecule has 1 aliphatic rings. The molecule has 5 nitrogen and oxygen atoms in total. The molecule has 1 atom stereocenters. The molecule has 0 aliphatic heterocycles. The van der Waals surface area contributed by atoms with Crippen LogP contribution in [0, 0.1) is 0 Å². The van der Waals surface area contributed by atoms with Gasteiger partial charge in [-0.1, -0.05) is 25.0 Å². The zero-order chi connectivity index (χ0) is 18.4. The van der Waals surface area contributed by atoms with Crippen LogP contribution in [-0.2, 0) is 10.2 Å². The summed E-state index contributed by atoms with van der Waals surface area (Å²) in [6, 6.07) is 11.6. The first kappa shape index (κ1) is 18.2. The molecule has 5 heteroatoms. The Bertz CT molecular complexity index is 710. The number of methoxy groups -OCH3 is 1. The van der Waals surface area contributed by atoms with Crippen LogP contribution in [0.4, 0.5) is 0 Å². The van der Waals surface area contributed by atoms with Gasteiger partial charge in [-0.3, -0.25) is 9.78 Å². The Morgan fingerprint density at radius 1 is 1.19 bits per heavy atom. The van der Waals surface area contributed by atoms with Gasteiger partial charge in [0.25, 0.3) is 0 Å². The summed E-state index contributed by atoms with van der Waals surface area (Å²) in [6.45, 7) is 2.41. The number of amides is 1. The third kappa shape index (κ3) is 3.98. The molecule has 1 aromatic carbocycles. The number of nitrogens with zero attached hydrogens (tertiary/aromatic N) is 1. The monoisotopic (exact) mass is 354 g/mol. The lowest BCUT2D eigenvalue weighted by Crippen LogP contribution is -2.45. The molecule has 1 aliphatic carbocycles. The van der Waals surface area contributed by atoms with Crippen molar-refractivity contribution in [2.24, 2.45) is 0 Å². The van der Waals surface area contributed by atoms with E-state index in [0.717, 1.165) is 37.0 Å². The number of carbonyl (C=O) groups is 1. The quantitative estimate of drug-likeness (QED) is 0.827. The molecular weight excluding hydrogens is 328 g/mol. The van der Waals surface area contributed by atoms with Crippen molar-refractivity contribution in [3.8, 4) is 11.5 Å². The molecule has 26 heavy (non-hydrogen) atoms. The van der Waals surface area contributed by atoms with E-state index in [1.807, 2.05) is 43.3 Å². The number of aromatic nitrogens is 1. The van der Waals surface area contributed by atoms with Crippen LogP contribution in [0.3, 0.4) is 0 Å². The number of benzene rings is 1. The summed E-state index contributed by atoms with van der Waals surface area (Å²) >= 11 is 0. The second-order valence-corrected chi connectivity index (χ2v) is 6.84. The molecule has 0 bridgehead atoms. The van der Waals surface area contributed by atoms with E-state index in [-0.39, 0.29) is 12.0 Å². The summed E-state index contributed by atoms with van der Waals surface area (Å²) in [5, 5.41) is 3.10. The number of hydrogen-bond donors (Lipinski definition) is 1. The Kier molecular flexibility index (Phi) is 5.76. The van der Waals surface area contributed by atoms with E-state index in [0.29, 0.717) is 12.3 Å². The standard InChI is InChI=1S/C21H26N2O3/c1-16(26-19-6-5-13-22-15-19)14-23-20(24)21(11-3-4-12-21)17-7-9-18(25-2)10-8-17/h5-10,13,15-16H,3-4,11-12,14H2,1-2H3,(H,23,24)/t16-/m1/s1. The van der Waals surface area contributed by atoms with Crippen molar-refractivity contribution in [3.63, 3.8) is 0 Å². The minimum atomic E-state index is -0.444. The van der Waals surface area contributed by atoms with Crippen molar-refractivity contribution < 1.29 is 14.3 Å². The largest absolute Gasteiger partial charge is 0.497 e. The van der Waals surface area contributed by atoms with Gasteiger partial charge in [-0.15, -0.1) is 0 Å². The van der Waals surface area contributed by atoms with Crippen LogP contribution >= 0.6 is 0 Å². The van der Waals surface area contributed by atoms with Crippen LogP contribution < -0.4 is 14.8 Å². The summed E-state index contributed by atoms with van der Waals surface area (Å²) in [5.41, 5.74) is 0.620. The van der Waals surface area contributed by atoms with E-state index in [9.17, 15) is 4.79 Å². The minimum absolute atomic E-state index is 0.0850. The highest BCUT2D eigenvalue weighted by Gasteiger charge is 2.42. The van der Waals surface area contributed by atoms with Gasteiger partial charge < -0.3 is 14.8 Å². The van der Waals surface area contributed by atoms with Gasteiger partial charge in [0.2, 0.25) is 5.91 Å². The second-order valence-electron chi connectivity index (χ2n) is 6.84. The Morgan fingerprint density at radius 3 is 2.54 bits per heavy atom. The van der Waals surface area contributed by atoms with Gasteiger partial charge in [0, 0.05) is 6.20 Å². The van der Waals surface area contributed by atoms with Crippen molar-refractivity contribution in [3.05, 3.63) is 54.4 Å². The highest BCUT2D eigenvalue weighted by atomic mass is 16.5. The zero-order valence-electron chi connectivity index (χ0n) is 15.4. The van der Waals surface area contributed by atoms with Gasteiger partial charge in [-0.25, -0.2) is 0 Å². The molecule has 0 unspecified atom stereocenters. The van der Waals surface area contributed by atoms with E-state index in [2.05, 4.69) is 10.3 Å². The van der Waals surface area contributed by atoms with E-state index in [4.69, 9.17) is 9.47 Å². The molecular formula is C21H26N2O3. The van der Waals surface area contributed by atoms with Crippen LogP contribution in [-0.4, -0.2) is 30.6 Å². The first-order valence-corrected chi connectivity index (χ1v) is 9.13. The number of ether oxygens (including phenoxy) is 2. The van der Waals surface area contributed by atoms with Gasteiger partial charge in [0.1, 0.15) is 17.6 Å². The number of nitrogens with one attached hydrogen (secondary N) is 1. The third-order valence-corrected chi connectivity index (χ3v) is 5.06. The SMILES string of the molecule is COc1ccc(C2(C(=O)NC[C@@H](C)Oc3cccnc3)CCCC2)cc1. The Balaban J connectivity index is 1.65. The van der Waals surface area contributed by atoms with Gasteiger partial charge >= 0.3 is 0 Å². The second kappa shape index (κ2) is 8.21. The van der Waals surface area contributed by atoms with Crippen molar-refractivity contribution in [2.75, 3.05) is 13.7 Å². The summed E-state index contributed by atoms with van der Waals surface area (Å²) in [4.78, 5) is 17.1. The lowest BCUT2D eigenvalue weighted by molar-refractivity contribution is -0.127. The Labute approximate surface area is 154 Å². The number of pyridine rings is 1. The summed E-state index contributed by atoms with van der Waals surface area (Å²) in [6.07, 6.45) is 7.15. The average molecular weight is 354 g/mol. The van der Waals surface area contributed by atoms with Crippen molar-refractivity contribution in [1.29, 1.82) is 0 Å². The van der Waals surface area contributed by atoms with Crippen LogP contribution in [0.15, 0.2) is 48.8 Å². The van der Waals surface area contributed by atoms with Crippen molar-refractivity contribution in [2.45, 2.75) is 44.1 Å². The maximum absolute atomic E-state index is 13.1. The molecule has 1 N–H and O–H groups in total. The zero-order valence-corrected chi connectivity index (χ0v) is 15.4. The molecule has 1 heterocycles. The van der Waals surface area contributed by atoms with Crippen LogP contribution in [0.25, 0.3) is 0 Å². The molecule has 1 aromatic heterocycles. The molecule has 2 aromatic rings. The van der Waals surface area contributed by atoms with E-state index in [1.165, 1.54) is 0 Å². The normalized spacial score (nSPS) is 16.7. The fraction of sp³-hybridized carbons (Fsp3) is 0.429. The predicted molar refractivity (Wildman–Crippen MR) is 100 cm³/mol. The smallest absolute Gasteiger partial charge is 0.230 e. The fourth-order valence-corrected chi connectivity index (χ4v) is 3.63. The molecule has 1 fully saturated rings. The van der Waals surface area contributed by atoms with E-state index >= 15 is 0 Å². The summed E-state index contributed by atoms with van der Waals surface area (Å²) in [7, 11) is 1.65. The molecule has 0 saturated heterocycles. The Hall–Kier alpha value is -2.56. The van der Waals surface area contributed by atoms with Gasteiger partial charge in [0.05, 0.1) is 25.3 Å². The van der Waals surface area contributed by atoms with Crippen LogP contribution in [0.1, 0.15) is 38.2 Å². The van der Waals surface area contributed by atoms with Crippen LogP contribution in [0.5, 0.6) is 11.5 Å². The number of hydrogen-bond acceptors (Lipinski definition) is 4. The molecule has 1 saturated carbocycles. The molecule has 0 radical (unpaired) electrons. The van der Waals surface area contributed by atoms with Gasteiger partial charge in [-0.2, -0.15) is 0 Å². The van der Waals surface area contributed by atoms with Crippen LogP contribution in [0.2, 0.25) is 0 Å². The maximum Gasteiger partial charge on any atom is 0.230 e. The number of carbonyl (C=O) groups excluding carboxylic acids is 1. The topological polar surface area (TPSA) is 60.5 Å². The minimum Gasteiger partial charge on any atom is -0.497 e.